The fourth-order valence-corrected chi connectivity index (χ4v) is 1.29. The van der Waals surface area contributed by atoms with E-state index in [9.17, 15) is 15.0 Å². The summed E-state index contributed by atoms with van der Waals surface area (Å²) in [6.45, 7) is 2.81. The molecule has 1 fully saturated rings. The Morgan fingerprint density at radius 3 is 2.44 bits per heavy atom. The third-order valence-corrected chi connectivity index (χ3v) is 2.24. The molecule has 4 N–H and O–H groups in total. The third-order valence-electron chi connectivity index (χ3n) is 2.24. The van der Waals surface area contributed by atoms with Crippen LogP contribution in [0.1, 0.15) is 0 Å². The van der Waals surface area contributed by atoms with Gasteiger partial charge in [-0.05, 0) is 0 Å². The van der Waals surface area contributed by atoms with E-state index in [2.05, 4.69) is 11.3 Å². The average Bonchev–Trinajstić information content (AvgIpc) is 2.28. The minimum Gasteiger partial charge on any atom is -0.460 e. The minimum atomic E-state index is -1.63. The Labute approximate surface area is 91.5 Å². The van der Waals surface area contributed by atoms with Crippen LogP contribution in [0.4, 0.5) is 0 Å². The summed E-state index contributed by atoms with van der Waals surface area (Å²) in [4.78, 5) is 10.7. The van der Waals surface area contributed by atoms with Crippen LogP contribution in [0.2, 0.25) is 0 Å². The number of carbonyl (C=O) groups is 1. The van der Waals surface area contributed by atoms with E-state index in [1.54, 1.807) is 0 Å². The first-order chi connectivity index (χ1) is 7.47. The summed E-state index contributed by atoms with van der Waals surface area (Å²) in [5.74, 6) is -0.717. The van der Waals surface area contributed by atoms with Crippen molar-refractivity contribution in [2.45, 2.75) is 30.7 Å². The lowest BCUT2D eigenvalue weighted by Crippen LogP contribution is -2.58. The van der Waals surface area contributed by atoms with Crippen molar-refractivity contribution in [2.24, 2.45) is 0 Å². The maximum atomic E-state index is 10.7. The lowest BCUT2D eigenvalue weighted by molar-refractivity contribution is -0.287. The molecule has 0 aliphatic carbocycles. The molecule has 0 saturated carbocycles. The Balaban J connectivity index is 2.53. The highest BCUT2D eigenvalue weighted by molar-refractivity contribution is 5.81. The molecule has 0 aromatic rings. The number of carbonyl (C=O) groups excluding carboxylic acids is 1. The van der Waals surface area contributed by atoms with Crippen molar-refractivity contribution in [1.82, 2.24) is 0 Å². The van der Waals surface area contributed by atoms with Gasteiger partial charge in [-0.15, -0.1) is 0 Å². The Hall–Kier alpha value is -0.990. The second-order valence-corrected chi connectivity index (χ2v) is 3.37. The Bertz CT molecular complexity index is 267. The molecule has 0 radical (unpaired) electrons. The number of esters is 1. The summed E-state index contributed by atoms with van der Waals surface area (Å²) in [5.41, 5.74) is 0. The number of hydrogen-bond donors (Lipinski definition) is 4. The lowest BCUT2D eigenvalue weighted by atomic mass is 9.99. The molecule has 1 saturated heterocycles. The first kappa shape index (κ1) is 13.1. The summed E-state index contributed by atoms with van der Waals surface area (Å²) in [5, 5.41) is 37.1. The molecule has 0 bridgehead atoms. The standard InChI is InChI=1S/C9H14O7/c1-2-5(10)15-3-4-6(11)7(12)8(13)9(14)16-4/h2,4,6-9,11-14H,1,3H2/t4?,6-,7+,8?,9-/m1/s1. The predicted octanol–water partition coefficient (Wildman–Crippen LogP) is -2.48. The second-order valence-electron chi connectivity index (χ2n) is 3.37. The topological polar surface area (TPSA) is 116 Å². The van der Waals surface area contributed by atoms with Crippen LogP contribution in [0.15, 0.2) is 12.7 Å². The normalized spacial score (nSPS) is 39.1. The van der Waals surface area contributed by atoms with Crippen LogP contribution in [0.5, 0.6) is 0 Å². The third kappa shape index (κ3) is 2.77. The quantitative estimate of drug-likeness (QED) is 0.315. The van der Waals surface area contributed by atoms with Gasteiger partial charge in [-0.25, -0.2) is 4.79 Å². The first-order valence-electron chi connectivity index (χ1n) is 4.64. The van der Waals surface area contributed by atoms with E-state index in [1.807, 2.05) is 0 Å². The van der Waals surface area contributed by atoms with Gasteiger partial charge in [0.2, 0.25) is 0 Å². The number of ether oxygens (including phenoxy) is 2. The highest BCUT2D eigenvalue weighted by Gasteiger charge is 2.43. The van der Waals surface area contributed by atoms with Gasteiger partial charge in [-0.1, -0.05) is 6.58 Å². The smallest absolute Gasteiger partial charge is 0.330 e. The van der Waals surface area contributed by atoms with E-state index in [0.29, 0.717) is 0 Å². The van der Waals surface area contributed by atoms with Crippen molar-refractivity contribution in [3.8, 4) is 0 Å². The van der Waals surface area contributed by atoms with Crippen LogP contribution < -0.4 is 0 Å². The fraction of sp³-hybridized carbons (Fsp3) is 0.667. The van der Waals surface area contributed by atoms with Crippen molar-refractivity contribution in [2.75, 3.05) is 6.61 Å². The molecule has 1 aliphatic rings. The molecule has 1 aliphatic heterocycles. The van der Waals surface area contributed by atoms with Gasteiger partial charge in [0.15, 0.2) is 6.29 Å². The molecule has 0 amide bonds. The monoisotopic (exact) mass is 234 g/mol. The van der Waals surface area contributed by atoms with Gasteiger partial charge >= 0.3 is 5.97 Å². The van der Waals surface area contributed by atoms with Crippen LogP contribution in [-0.2, 0) is 14.3 Å². The maximum Gasteiger partial charge on any atom is 0.330 e. The largest absolute Gasteiger partial charge is 0.460 e. The Kier molecular flexibility index (Phi) is 4.39. The van der Waals surface area contributed by atoms with Crippen molar-refractivity contribution >= 4 is 5.97 Å². The zero-order valence-corrected chi connectivity index (χ0v) is 8.39. The van der Waals surface area contributed by atoms with E-state index in [1.165, 1.54) is 0 Å². The van der Waals surface area contributed by atoms with Crippen molar-refractivity contribution < 1.29 is 34.7 Å². The molecular weight excluding hydrogens is 220 g/mol. The van der Waals surface area contributed by atoms with Crippen molar-refractivity contribution in [3.63, 3.8) is 0 Å². The van der Waals surface area contributed by atoms with E-state index < -0.39 is 36.7 Å². The number of aliphatic hydroxyl groups is 4. The first-order valence-corrected chi connectivity index (χ1v) is 4.64. The van der Waals surface area contributed by atoms with Crippen molar-refractivity contribution in [1.29, 1.82) is 0 Å². The molecule has 7 heteroatoms. The van der Waals surface area contributed by atoms with Gasteiger partial charge in [0.25, 0.3) is 0 Å². The maximum absolute atomic E-state index is 10.7. The van der Waals surface area contributed by atoms with E-state index in [0.717, 1.165) is 6.08 Å². The van der Waals surface area contributed by atoms with Gasteiger partial charge in [-0.2, -0.15) is 0 Å². The van der Waals surface area contributed by atoms with Gasteiger partial charge in [0.1, 0.15) is 31.0 Å². The minimum absolute atomic E-state index is 0.354. The molecule has 0 aromatic heterocycles. The van der Waals surface area contributed by atoms with Crippen molar-refractivity contribution in [3.05, 3.63) is 12.7 Å². The van der Waals surface area contributed by atoms with E-state index in [-0.39, 0.29) is 6.61 Å². The van der Waals surface area contributed by atoms with Gasteiger partial charge < -0.3 is 29.9 Å². The molecule has 0 spiro atoms. The molecule has 5 atom stereocenters. The van der Waals surface area contributed by atoms with Gasteiger partial charge in [0.05, 0.1) is 0 Å². The summed E-state index contributed by atoms with van der Waals surface area (Å²) in [6, 6.07) is 0. The van der Waals surface area contributed by atoms with Gasteiger partial charge in [0, 0.05) is 6.08 Å². The molecule has 0 aromatic carbocycles. The summed E-state index contributed by atoms with van der Waals surface area (Å²) in [7, 11) is 0. The second kappa shape index (κ2) is 5.37. The highest BCUT2D eigenvalue weighted by atomic mass is 16.6. The molecular formula is C9H14O7. The lowest BCUT2D eigenvalue weighted by Gasteiger charge is -2.37. The van der Waals surface area contributed by atoms with Crippen LogP contribution >= 0.6 is 0 Å². The fourth-order valence-electron chi connectivity index (χ4n) is 1.29. The summed E-state index contributed by atoms with van der Waals surface area (Å²) < 4.78 is 9.35. The average molecular weight is 234 g/mol. The van der Waals surface area contributed by atoms with E-state index >= 15 is 0 Å². The van der Waals surface area contributed by atoms with E-state index in [4.69, 9.17) is 14.9 Å². The number of aliphatic hydroxyl groups excluding tert-OH is 4. The molecule has 7 nitrogen and oxygen atoms in total. The van der Waals surface area contributed by atoms with Crippen LogP contribution in [0.25, 0.3) is 0 Å². The summed E-state index contributed by atoms with van der Waals surface area (Å²) in [6.07, 6.45) is -6.41. The zero-order chi connectivity index (χ0) is 12.3. The number of rotatable bonds is 3. The van der Waals surface area contributed by atoms with Crippen LogP contribution in [0.3, 0.4) is 0 Å². The van der Waals surface area contributed by atoms with Crippen LogP contribution in [0, 0.1) is 0 Å². The summed E-state index contributed by atoms with van der Waals surface area (Å²) >= 11 is 0. The molecule has 1 heterocycles. The SMILES string of the molecule is C=CC(=O)OCC1O[C@@H](O)C(O)[C@@H](O)[C@@H]1O. The molecule has 92 valence electrons. The molecule has 1 rings (SSSR count). The molecule has 2 unspecified atom stereocenters. The van der Waals surface area contributed by atoms with Gasteiger partial charge in [-0.3, -0.25) is 0 Å². The Morgan fingerprint density at radius 2 is 1.88 bits per heavy atom. The number of hydrogen-bond acceptors (Lipinski definition) is 7. The Morgan fingerprint density at radius 1 is 1.25 bits per heavy atom. The predicted molar refractivity (Wildman–Crippen MR) is 50.1 cm³/mol. The zero-order valence-electron chi connectivity index (χ0n) is 8.39. The van der Waals surface area contributed by atoms with Crippen LogP contribution in [-0.4, -0.2) is 63.7 Å². The highest BCUT2D eigenvalue weighted by Crippen LogP contribution is 2.19. The molecule has 16 heavy (non-hydrogen) atoms.